The first-order valence-corrected chi connectivity index (χ1v) is 11.0. The highest BCUT2D eigenvalue weighted by molar-refractivity contribution is 6.42. The predicted molar refractivity (Wildman–Crippen MR) is 118 cm³/mol. The summed E-state index contributed by atoms with van der Waals surface area (Å²) in [6.07, 6.45) is -2.67. The second-order valence-electron chi connectivity index (χ2n) is 7.91. The minimum Gasteiger partial charge on any atom is -0.376 e. The van der Waals surface area contributed by atoms with Gasteiger partial charge in [0.25, 0.3) is 0 Å². The smallest absolute Gasteiger partial charge is 0.376 e. The number of amides is 2. The van der Waals surface area contributed by atoms with E-state index in [4.69, 9.17) is 23.2 Å². The van der Waals surface area contributed by atoms with Gasteiger partial charge in [0, 0.05) is 57.4 Å². The number of piperazine rings is 1. The van der Waals surface area contributed by atoms with Crippen molar-refractivity contribution in [1.29, 1.82) is 0 Å². The van der Waals surface area contributed by atoms with Crippen molar-refractivity contribution in [3.8, 4) is 0 Å². The number of halogens is 5. The summed E-state index contributed by atoms with van der Waals surface area (Å²) in [4.78, 5) is 30.0. The number of hydrogen-bond donors (Lipinski definition) is 1. The van der Waals surface area contributed by atoms with Crippen LogP contribution in [0.1, 0.15) is 12.0 Å². The monoisotopic (exact) mass is 492 g/mol. The number of rotatable bonds is 7. The van der Waals surface area contributed by atoms with Crippen LogP contribution in [-0.2, 0) is 16.0 Å². The van der Waals surface area contributed by atoms with Crippen LogP contribution in [0.3, 0.4) is 0 Å². The van der Waals surface area contributed by atoms with Gasteiger partial charge < -0.3 is 15.1 Å². The Hall–Kier alpha value is -1.97. The average Bonchev–Trinajstić information content (AvgIpc) is 2.71. The Morgan fingerprint density at radius 1 is 1.09 bits per heavy atom. The lowest BCUT2D eigenvalue weighted by Gasteiger charge is -2.47. The lowest BCUT2D eigenvalue weighted by Crippen LogP contribution is -2.64. The van der Waals surface area contributed by atoms with Gasteiger partial charge in [-0.1, -0.05) is 29.8 Å². The molecule has 3 rings (SSSR count). The van der Waals surface area contributed by atoms with E-state index in [9.17, 15) is 22.8 Å². The van der Waals surface area contributed by atoms with Crippen LogP contribution in [0.5, 0.6) is 0 Å². The molecule has 1 aromatic carbocycles. The number of nitrogens with zero attached hydrogens (tertiary/aromatic N) is 3. The molecule has 2 aliphatic heterocycles. The first-order valence-electron chi connectivity index (χ1n) is 10.3. The summed E-state index contributed by atoms with van der Waals surface area (Å²) < 4.78 is 37.8. The van der Waals surface area contributed by atoms with Crippen molar-refractivity contribution in [2.24, 2.45) is 0 Å². The third kappa shape index (κ3) is 6.30. The zero-order valence-electron chi connectivity index (χ0n) is 17.4. The molecule has 0 unspecified atom stereocenters. The molecule has 6 nitrogen and oxygen atoms in total. The van der Waals surface area contributed by atoms with Crippen molar-refractivity contribution >= 4 is 40.7 Å². The SMILES string of the molecule is C=CC(=O)N1CC(N2CCN(C(=O)CCc3cc(Cl)c(Cl)cc3NCC(F)(F)F)CC2)C1. The summed E-state index contributed by atoms with van der Waals surface area (Å²) in [6, 6.07) is 3.16. The van der Waals surface area contributed by atoms with Crippen LogP contribution in [0, 0.1) is 0 Å². The number of nitrogens with one attached hydrogen (secondary N) is 1. The third-order valence-corrected chi connectivity index (χ3v) is 6.49. The minimum absolute atomic E-state index is 0.0606. The van der Waals surface area contributed by atoms with E-state index in [1.54, 1.807) is 9.80 Å². The van der Waals surface area contributed by atoms with E-state index in [1.807, 2.05) is 0 Å². The van der Waals surface area contributed by atoms with Gasteiger partial charge in [0.05, 0.1) is 10.0 Å². The Morgan fingerprint density at radius 2 is 1.72 bits per heavy atom. The molecule has 0 radical (unpaired) electrons. The Labute approximate surface area is 194 Å². The zero-order chi connectivity index (χ0) is 23.5. The highest BCUT2D eigenvalue weighted by Gasteiger charge is 2.35. The maximum Gasteiger partial charge on any atom is 0.405 e. The van der Waals surface area contributed by atoms with Gasteiger partial charge in [-0.15, -0.1) is 0 Å². The summed E-state index contributed by atoms with van der Waals surface area (Å²) in [6.45, 7) is 6.22. The number of alkyl halides is 3. The molecule has 176 valence electrons. The summed E-state index contributed by atoms with van der Waals surface area (Å²) in [5, 5.41) is 2.71. The molecule has 1 N–H and O–H groups in total. The summed E-state index contributed by atoms with van der Waals surface area (Å²) in [5.74, 6) is -0.129. The van der Waals surface area contributed by atoms with E-state index < -0.39 is 12.7 Å². The molecule has 0 saturated carbocycles. The largest absolute Gasteiger partial charge is 0.405 e. The Balaban J connectivity index is 1.49. The first-order chi connectivity index (χ1) is 15.1. The molecule has 0 spiro atoms. The Bertz CT molecular complexity index is 867. The number of carbonyl (C=O) groups is 2. The van der Waals surface area contributed by atoms with Gasteiger partial charge in [0.15, 0.2) is 0 Å². The topological polar surface area (TPSA) is 55.9 Å². The van der Waals surface area contributed by atoms with Crippen LogP contribution < -0.4 is 5.32 Å². The van der Waals surface area contributed by atoms with Crippen molar-refractivity contribution < 1.29 is 22.8 Å². The van der Waals surface area contributed by atoms with Crippen LogP contribution in [-0.4, -0.2) is 84.5 Å². The number of anilines is 1. The maximum atomic E-state index is 12.7. The average molecular weight is 493 g/mol. The molecule has 0 bridgehead atoms. The number of hydrogen-bond acceptors (Lipinski definition) is 4. The highest BCUT2D eigenvalue weighted by atomic mass is 35.5. The zero-order valence-corrected chi connectivity index (χ0v) is 18.9. The first kappa shape index (κ1) is 24.7. The fourth-order valence-electron chi connectivity index (χ4n) is 3.89. The molecule has 2 aliphatic rings. The normalized spacial score (nSPS) is 17.8. The van der Waals surface area contributed by atoms with Gasteiger partial charge >= 0.3 is 6.18 Å². The standard InChI is InChI=1S/C21H25Cl2F3N4O2/c1-2-19(31)30-11-15(12-30)28-5-7-29(8-6-28)20(32)4-3-14-9-16(22)17(23)10-18(14)27-13-21(24,25)26/h2,9-10,15,27H,1,3-8,11-13H2. The number of benzene rings is 1. The fourth-order valence-corrected chi connectivity index (χ4v) is 4.24. The van der Waals surface area contributed by atoms with E-state index in [0.29, 0.717) is 37.8 Å². The van der Waals surface area contributed by atoms with E-state index in [2.05, 4.69) is 16.8 Å². The van der Waals surface area contributed by atoms with E-state index in [-0.39, 0.29) is 40.4 Å². The quantitative estimate of drug-likeness (QED) is 0.592. The summed E-state index contributed by atoms with van der Waals surface area (Å²) in [7, 11) is 0. The second-order valence-corrected chi connectivity index (χ2v) is 8.72. The molecular weight excluding hydrogens is 468 g/mol. The molecule has 2 heterocycles. The number of likely N-dealkylation sites (tertiary alicyclic amines) is 1. The van der Waals surface area contributed by atoms with Gasteiger partial charge in [-0.25, -0.2) is 0 Å². The predicted octanol–water partition coefficient (Wildman–Crippen LogP) is 3.44. The molecule has 0 aliphatic carbocycles. The van der Waals surface area contributed by atoms with E-state index in [1.165, 1.54) is 18.2 Å². The van der Waals surface area contributed by atoms with Crippen LogP contribution in [0.15, 0.2) is 24.8 Å². The third-order valence-electron chi connectivity index (χ3n) is 5.77. The van der Waals surface area contributed by atoms with Gasteiger partial charge in [-0.2, -0.15) is 13.2 Å². The van der Waals surface area contributed by atoms with Crippen LogP contribution in [0.4, 0.5) is 18.9 Å². The van der Waals surface area contributed by atoms with Crippen LogP contribution in [0.2, 0.25) is 10.0 Å². The van der Waals surface area contributed by atoms with Gasteiger partial charge in [0.1, 0.15) is 6.54 Å². The number of carbonyl (C=O) groups excluding carboxylic acids is 2. The molecule has 32 heavy (non-hydrogen) atoms. The second kappa shape index (κ2) is 10.3. The summed E-state index contributed by atoms with van der Waals surface area (Å²) >= 11 is 12.0. The van der Waals surface area contributed by atoms with Crippen LogP contribution >= 0.6 is 23.2 Å². The maximum absolute atomic E-state index is 12.7. The molecule has 1 aromatic rings. The van der Waals surface area contributed by atoms with E-state index >= 15 is 0 Å². The Morgan fingerprint density at radius 3 is 2.31 bits per heavy atom. The van der Waals surface area contributed by atoms with Crippen molar-refractivity contribution in [1.82, 2.24) is 14.7 Å². The lowest BCUT2D eigenvalue weighted by molar-refractivity contribution is -0.136. The van der Waals surface area contributed by atoms with Crippen molar-refractivity contribution in [3.63, 3.8) is 0 Å². The minimum atomic E-state index is -4.38. The Kier molecular flexibility index (Phi) is 7.95. The summed E-state index contributed by atoms with van der Waals surface area (Å²) in [5.41, 5.74) is 0.732. The molecule has 2 fully saturated rings. The fraction of sp³-hybridized carbons (Fsp3) is 0.524. The van der Waals surface area contributed by atoms with E-state index in [0.717, 1.165) is 13.1 Å². The molecule has 2 saturated heterocycles. The molecule has 0 atom stereocenters. The van der Waals surface area contributed by atoms with Gasteiger partial charge in [-0.05, 0) is 30.2 Å². The van der Waals surface area contributed by atoms with Gasteiger partial charge in [-0.3, -0.25) is 14.5 Å². The van der Waals surface area contributed by atoms with Gasteiger partial charge in [0.2, 0.25) is 11.8 Å². The molecular formula is C21H25Cl2F3N4O2. The highest BCUT2D eigenvalue weighted by Crippen LogP contribution is 2.31. The van der Waals surface area contributed by atoms with Crippen molar-refractivity contribution in [3.05, 3.63) is 40.4 Å². The van der Waals surface area contributed by atoms with Crippen molar-refractivity contribution in [2.75, 3.05) is 51.1 Å². The molecule has 0 aromatic heterocycles. The lowest BCUT2D eigenvalue weighted by atomic mass is 10.0. The number of aryl methyl sites for hydroxylation is 1. The molecule has 2 amide bonds. The molecule has 11 heteroatoms. The van der Waals surface area contributed by atoms with Crippen molar-refractivity contribution in [2.45, 2.75) is 25.1 Å². The van der Waals surface area contributed by atoms with Crippen LogP contribution in [0.25, 0.3) is 0 Å².